The molecule has 0 aromatic rings. The predicted octanol–water partition coefficient (Wildman–Crippen LogP) is 0.216. The Labute approximate surface area is 56.7 Å². The first-order valence-electron chi connectivity index (χ1n) is 3.51. The lowest BCUT2D eigenvalue weighted by Gasteiger charge is -2.43. The van der Waals surface area contributed by atoms with Gasteiger partial charge in [0.25, 0.3) is 0 Å². The molecular weight excluding hydrogens is 114 g/mol. The van der Waals surface area contributed by atoms with E-state index in [9.17, 15) is 5.11 Å². The van der Waals surface area contributed by atoms with E-state index in [0.717, 1.165) is 10.9 Å². The zero-order valence-corrected chi connectivity index (χ0v) is 6.46. The summed E-state index contributed by atoms with van der Waals surface area (Å²) < 4.78 is 0.904. The van der Waals surface area contributed by atoms with Crippen LogP contribution < -0.4 is 0 Å². The molecule has 1 fully saturated rings. The topological polar surface area (TPSA) is 20.2 Å². The molecule has 0 heterocycles. The molecule has 1 N–H and O–H groups in total. The highest BCUT2D eigenvalue weighted by Gasteiger charge is 2.38. The number of hydrogen-bond acceptors (Lipinski definition) is 1. The van der Waals surface area contributed by atoms with Gasteiger partial charge in [0, 0.05) is 6.42 Å². The monoisotopic (exact) mass is 130 g/mol. The summed E-state index contributed by atoms with van der Waals surface area (Å²) in [6.45, 7) is 0. The average molecular weight is 130 g/mol. The number of aliphatic hydroxyl groups excluding tert-OH is 1. The Hall–Kier alpha value is -0.0800. The third-order valence-corrected chi connectivity index (χ3v) is 2.20. The van der Waals surface area contributed by atoms with Gasteiger partial charge in [0.15, 0.2) is 0 Å². The predicted molar refractivity (Wildman–Crippen MR) is 37.1 cm³/mol. The Balaban J connectivity index is 2.44. The summed E-state index contributed by atoms with van der Waals surface area (Å²) in [7, 11) is 6.40. The number of aliphatic hydroxyl groups is 1. The molecular formula is C7H16NO+. The molecule has 0 bridgehead atoms. The van der Waals surface area contributed by atoms with E-state index in [2.05, 4.69) is 21.1 Å². The van der Waals surface area contributed by atoms with Crippen LogP contribution in [0.15, 0.2) is 0 Å². The van der Waals surface area contributed by atoms with Gasteiger partial charge in [-0.05, 0) is 6.42 Å². The normalized spacial score (nSPS) is 36.0. The van der Waals surface area contributed by atoms with Crippen LogP contribution in [0.5, 0.6) is 0 Å². The lowest BCUT2D eigenvalue weighted by Crippen LogP contribution is -2.57. The number of hydrogen-bond donors (Lipinski definition) is 1. The van der Waals surface area contributed by atoms with Gasteiger partial charge in [-0.15, -0.1) is 0 Å². The highest BCUT2D eigenvalue weighted by Crippen LogP contribution is 2.26. The molecule has 2 atom stereocenters. The first kappa shape index (κ1) is 7.03. The van der Waals surface area contributed by atoms with Crippen LogP contribution >= 0.6 is 0 Å². The summed E-state index contributed by atoms with van der Waals surface area (Å²) in [5.74, 6) is 0. The molecule has 0 spiro atoms. The van der Waals surface area contributed by atoms with Crippen LogP contribution in [0.1, 0.15) is 12.8 Å². The fraction of sp³-hybridized carbons (Fsp3) is 1.00. The lowest BCUT2D eigenvalue weighted by atomic mass is 9.87. The van der Waals surface area contributed by atoms with Crippen molar-refractivity contribution in [3.63, 3.8) is 0 Å². The van der Waals surface area contributed by atoms with Gasteiger partial charge in [-0.3, -0.25) is 0 Å². The number of quaternary nitrogens is 1. The van der Waals surface area contributed by atoms with Crippen molar-refractivity contribution in [2.75, 3.05) is 21.1 Å². The van der Waals surface area contributed by atoms with Crippen molar-refractivity contribution in [3.05, 3.63) is 0 Å². The first-order chi connectivity index (χ1) is 4.02. The average Bonchev–Trinajstić information content (AvgIpc) is 1.57. The molecule has 0 amide bonds. The van der Waals surface area contributed by atoms with Crippen LogP contribution in [-0.4, -0.2) is 42.9 Å². The zero-order valence-electron chi connectivity index (χ0n) is 6.46. The highest BCUT2D eigenvalue weighted by atomic mass is 16.3. The Bertz CT molecular complexity index is 106. The van der Waals surface area contributed by atoms with E-state index in [1.54, 1.807) is 0 Å². The highest BCUT2D eigenvalue weighted by molar-refractivity contribution is 4.80. The molecule has 0 saturated heterocycles. The van der Waals surface area contributed by atoms with Gasteiger partial charge >= 0.3 is 0 Å². The molecule has 0 aliphatic heterocycles. The van der Waals surface area contributed by atoms with Crippen molar-refractivity contribution >= 4 is 0 Å². The van der Waals surface area contributed by atoms with Gasteiger partial charge in [0.05, 0.1) is 21.1 Å². The molecule has 0 aromatic heterocycles. The maximum atomic E-state index is 9.23. The minimum atomic E-state index is -0.0370. The van der Waals surface area contributed by atoms with E-state index in [1.807, 2.05) is 0 Å². The van der Waals surface area contributed by atoms with E-state index in [-0.39, 0.29) is 6.10 Å². The largest absolute Gasteiger partial charge is 0.387 e. The summed E-state index contributed by atoms with van der Waals surface area (Å²) in [6.07, 6.45) is 2.15. The van der Waals surface area contributed by atoms with Crippen molar-refractivity contribution in [3.8, 4) is 0 Å². The van der Waals surface area contributed by atoms with Crippen LogP contribution in [0.25, 0.3) is 0 Å². The van der Waals surface area contributed by atoms with E-state index >= 15 is 0 Å². The van der Waals surface area contributed by atoms with Crippen molar-refractivity contribution in [2.24, 2.45) is 0 Å². The molecule has 2 nitrogen and oxygen atoms in total. The Morgan fingerprint density at radius 3 is 1.78 bits per heavy atom. The van der Waals surface area contributed by atoms with Crippen LogP contribution in [0, 0.1) is 0 Å². The zero-order chi connectivity index (χ0) is 7.07. The standard InChI is InChI=1S/C7H16NO/c1-8(2,3)6-4-5-7(6)9/h6-7,9H,4-5H2,1-3H3/q+1/t6-,7+/m0/s1. The number of nitrogens with zero attached hydrogens (tertiary/aromatic N) is 1. The Morgan fingerprint density at radius 2 is 1.78 bits per heavy atom. The van der Waals surface area contributed by atoms with E-state index in [4.69, 9.17) is 0 Å². The molecule has 54 valence electrons. The van der Waals surface area contributed by atoms with Crippen LogP contribution in [-0.2, 0) is 0 Å². The van der Waals surface area contributed by atoms with Crippen LogP contribution in [0.4, 0.5) is 0 Å². The molecule has 0 aromatic carbocycles. The third kappa shape index (κ3) is 1.25. The van der Waals surface area contributed by atoms with Gasteiger partial charge in [-0.1, -0.05) is 0 Å². The second kappa shape index (κ2) is 1.96. The molecule has 0 unspecified atom stereocenters. The molecule has 1 aliphatic rings. The second-order valence-corrected chi connectivity index (χ2v) is 3.83. The maximum absolute atomic E-state index is 9.23. The van der Waals surface area contributed by atoms with Gasteiger partial charge in [-0.25, -0.2) is 0 Å². The quantitative estimate of drug-likeness (QED) is 0.503. The molecule has 9 heavy (non-hydrogen) atoms. The fourth-order valence-corrected chi connectivity index (χ4v) is 1.37. The third-order valence-electron chi connectivity index (χ3n) is 2.20. The second-order valence-electron chi connectivity index (χ2n) is 3.83. The van der Waals surface area contributed by atoms with E-state index < -0.39 is 0 Å². The first-order valence-corrected chi connectivity index (χ1v) is 3.51. The molecule has 1 aliphatic carbocycles. The lowest BCUT2D eigenvalue weighted by molar-refractivity contribution is -0.906. The van der Waals surface area contributed by atoms with Crippen molar-refractivity contribution < 1.29 is 9.59 Å². The summed E-state index contributed by atoms with van der Waals surface area (Å²) >= 11 is 0. The molecule has 2 heteroatoms. The van der Waals surface area contributed by atoms with E-state index in [1.165, 1.54) is 6.42 Å². The van der Waals surface area contributed by atoms with Crippen LogP contribution in [0.2, 0.25) is 0 Å². The van der Waals surface area contributed by atoms with Gasteiger partial charge in [-0.2, -0.15) is 0 Å². The Morgan fingerprint density at radius 1 is 1.22 bits per heavy atom. The summed E-state index contributed by atoms with van der Waals surface area (Å²) in [4.78, 5) is 0. The minimum Gasteiger partial charge on any atom is -0.387 e. The number of rotatable bonds is 1. The minimum absolute atomic E-state index is 0.0370. The smallest absolute Gasteiger partial charge is 0.115 e. The van der Waals surface area contributed by atoms with Crippen LogP contribution in [0.3, 0.4) is 0 Å². The van der Waals surface area contributed by atoms with Gasteiger partial charge < -0.3 is 9.59 Å². The molecule has 1 rings (SSSR count). The summed E-state index contributed by atoms with van der Waals surface area (Å²) in [5, 5.41) is 9.23. The van der Waals surface area contributed by atoms with Gasteiger partial charge in [0.2, 0.25) is 0 Å². The van der Waals surface area contributed by atoms with Crippen molar-refractivity contribution in [2.45, 2.75) is 25.0 Å². The van der Waals surface area contributed by atoms with E-state index in [0.29, 0.717) is 6.04 Å². The SMILES string of the molecule is C[N+](C)(C)[C@H]1CC[C@H]1O. The Kier molecular flexibility index (Phi) is 1.53. The van der Waals surface area contributed by atoms with Crippen molar-refractivity contribution in [1.82, 2.24) is 0 Å². The maximum Gasteiger partial charge on any atom is 0.115 e. The number of likely N-dealkylation sites (N-methyl/N-ethyl adjacent to an activating group) is 1. The summed E-state index contributed by atoms with van der Waals surface area (Å²) in [5.41, 5.74) is 0. The fourth-order valence-electron chi connectivity index (χ4n) is 1.37. The van der Waals surface area contributed by atoms with Crippen molar-refractivity contribution in [1.29, 1.82) is 0 Å². The molecule has 1 saturated carbocycles. The molecule has 0 radical (unpaired) electrons. The van der Waals surface area contributed by atoms with Gasteiger partial charge in [0.1, 0.15) is 12.1 Å². The summed E-state index contributed by atoms with van der Waals surface area (Å²) in [6, 6.07) is 0.491.